The van der Waals surface area contributed by atoms with Gasteiger partial charge in [-0.3, -0.25) is 4.79 Å². The number of halogens is 1. The van der Waals surface area contributed by atoms with E-state index in [1.807, 2.05) is 6.07 Å². The van der Waals surface area contributed by atoms with Crippen LogP contribution in [-0.4, -0.2) is 19.1 Å². The van der Waals surface area contributed by atoms with E-state index in [1.165, 1.54) is 6.07 Å². The minimum atomic E-state index is -0.225. The van der Waals surface area contributed by atoms with Crippen LogP contribution in [0.15, 0.2) is 12.1 Å². The molecule has 2 rings (SSSR count). The maximum atomic E-state index is 13.8. The molecule has 1 heterocycles. The lowest BCUT2D eigenvalue weighted by Gasteiger charge is -2.18. The molecule has 0 unspecified atom stereocenters. The molecule has 0 amide bonds. The van der Waals surface area contributed by atoms with E-state index < -0.39 is 0 Å². The van der Waals surface area contributed by atoms with Crippen LogP contribution in [0.25, 0.3) is 0 Å². The highest BCUT2D eigenvalue weighted by atomic mass is 19.1. The van der Waals surface area contributed by atoms with Gasteiger partial charge in [-0.05, 0) is 43.5 Å². The molecule has 3 nitrogen and oxygen atoms in total. The fraction of sp³-hybridized carbons (Fsp3) is 0.500. The highest BCUT2D eigenvalue weighted by Crippen LogP contribution is 2.20. The van der Waals surface area contributed by atoms with E-state index in [-0.39, 0.29) is 11.8 Å². The molecule has 1 N–H and O–H groups in total. The monoisotopic (exact) mass is 251 g/mol. The predicted molar refractivity (Wildman–Crippen MR) is 66.8 cm³/mol. The predicted octanol–water partition coefficient (Wildman–Crippen LogP) is 1.97. The normalized spacial score (nSPS) is 14.1. The number of hydrogen-bond acceptors (Lipinski definition) is 3. The molecular weight excluding hydrogens is 233 g/mol. The number of carbonyl (C=O) groups excluding carboxylic acids is 1. The molecule has 98 valence electrons. The van der Waals surface area contributed by atoms with E-state index in [0.717, 1.165) is 29.7 Å². The van der Waals surface area contributed by atoms with E-state index in [2.05, 4.69) is 5.32 Å². The van der Waals surface area contributed by atoms with Crippen molar-refractivity contribution in [2.75, 3.05) is 13.2 Å². The lowest BCUT2D eigenvalue weighted by Crippen LogP contribution is -2.24. The van der Waals surface area contributed by atoms with Crippen molar-refractivity contribution in [1.82, 2.24) is 5.32 Å². The number of benzene rings is 1. The molecule has 1 aliphatic heterocycles. The Kier molecular flexibility index (Phi) is 4.31. The van der Waals surface area contributed by atoms with Gasteiger partial charge in [0.1, 0.15) is 5.82 Å². The molecule has 0 fully saturated rings. The molecule has 4 heteroatoms. The smallest absolute Gasteiger partial charge is 0.306 e. The average Bonchev–Trinajstić information content (AvgIpc) is 2.37. The Morgan fingerprint density at radius 1 is 1.50 bits per heavy atom. The lowest BCUT2D eigenvalue weighted by molar-refractivity contribution is -0.143. The first kappa shape index (κ1) is 13.0. The number of hydrogen-bond donors (Lipinski definition) is 1. The van der Waals surface area contributed by atoms with Crippen LogP contribution in [0.1, 0.15) is 30.0 Å². The summed E-state index contributed by atoms with van der Waals surface area (Å²) < 4.78 is 18.7. The van der Waals surface area contributed by atoms with Crippen LogP contribution in [0.4, 0.5) is 4.39 Å². The van der Waals surface area contributed by atoms with Gasteiger partial charge in [0.05, 0.1) is 6.61 Å². The standard InChI is InChI=1S/C14H18FNO2/c1-2-18-14(17)4-3-10-7-11-5-6-16-9-12(11)13(15)8-10/h7-8,16H,2-6,9H2,1H3. The molecule has 0 bridgehead atoms. The van der Waals surface area contributed by atoms with Crippen molar-refractivity contribution >= 4 is 5.97 Å². The zero-order chi connectivity index (χ0) is 13.0. The Balaban J connectivity index is 2.05. The first-order valence-corrected chi connectivity index (χ1v) is 6.37. The van der Waals surface area contributed by atoms with Crippen LogP contribution in [0.5, 0.6) is 0 Å². The molecule has 0 saturated heterocycles. The number of ether oxygens (including phenoxy) is 1. The SMILES string of the molecule is CCOC(=O)CCc1cc(F)c2c(c1)CCNC2. The molecule has 1 aromatic rings. The van der Waals surface area contributed by atoms with Gasteiger partial charge in [-0.1, -0.05) is 6.07 Å². The van der Waals surface area contributed by atoms with Gasteiger partial charge >= 0.3 is 5.97 Å². The highest BCUT2D eigenvalue weighted by Gasteiger charge is 2.14. The number of fused-ring (bicyclic) bond motifs is 1. The minimum Gasteiger partial charge on any atom is -0.466 e. The maximum absolute atomic E-state index is 13.8. The molecule has 0 radical (unpaired) electrons. The number of aryl methyl sites for hydroxylation is 1. The molecule has 0 aromatic heterocycles. The van der Waals surface area contributed by atoms with Crippen molar-refractivity contribution < 1.29 is 13.9 Å². The van der Waals surface area contributed by atoms with Crippen LogP contribution >= 0.6 is 0 Å². The van der Waals surface area contributed by atoms with Crippen molar-refractivity contribution in [3.05, 3.63) is 34.6 Å². The molecular formula is C14H18FNO2. The van der Waals surface area contributed by atoms with Crippen LogP contribution < -0.4 is 5.32 Å². The summed E-state index contributed by atoms with van der Waals surface area (Å²) in [5.41, 5.74) is 2.70. The van der Waals surface area contributed by atoms with Gasteiger partial charge in [0.25, 0.3) is 0 Å². The van der Waals surface area contributed by atoms with Gasteiger partial charge in [-0.25, -0.2) is 4.39 Å². The van der Waals surface area contributed by atoms with E-state index in [9.17, 15) is 9.18 Å². The van der Waals surface area contributed by atoms with Crippen molar-refractivity contribution in [2.24, 2.45) is 0 Å². The summed E-state index contributed by atoms with van der Waals surface area (Å²) >= 11 is 0. The van der Waals surface area contributed by atoms with Gasteiger partial charge in [0, 0.05) is 18.5 Å². The third-order valence-electron chi connectivity index (χ3n) is 3.14. The van der Waals surface area contributed by atoms with Crippen molar-refractivity contribution in [2.45, 2.75) is 32.7 Å². The van der Waals surface area contributed by atoms with Gasteiger partial charge in [0.2, 0.25) is 0 Å². The number of esters is 1. The average molecular weight is 251 g/mol. The van der Waals surface area contributed by atoms with Crippen LogP contribution in [0.3, 0.4) is 0 Å². The second kappa shape index (κ2) is 5.96. The Labute approximate surface area is 106 Å². The van der Waals surface area contributed by atoms with E-state index in [0.29, 0.717) is 26.0 Å². The zero-order valence-corrected chi connectivity index (χ0v) is 10.6. The summed E-state index contributed by atoms with van der Waals surface area (Å²) in [6.07, 6.45) is 1.69. The maximum Gasteiger partial charge on any atom is 0.306 e. The number of rotatable bonds is 4. The summed E-state index contributed by atoms with van der Waals surface area (Å²) in [5, 5.41) is 3.15. The molecule has 0 atom stereocenters. The largest absolute Gasteiger partial charge is 0.466 e. The molecule has 0 saturated carbocycles. The zero-order valence-electron chi connectivity index (χ0n) is 10.6. The van der Waals surface area contributed by atoms with Crippen molar-refractivity contribution in [1.29, 1.82) is 0 Å². The van der Waals surface area contributed by atoms with Crippen molar-refractivity contribution in [3.8, 4) is 0 Å². The molecule has 0 spiro atoms. The highest BCUT2D eigenvalue weighted by molar-refractivity contribution is 5.69. The van der Waals surface area contributed by atoms with Crippen molar-refractivity contribution in [3.63, 3.8) is 0 Å². The van der Waals surface area contributed by atoms with E-state index in [4.69, 9.17) is 4.74 Å². The van der Waals surface area contributed by atoms with Gasteiger partial charge in [0.15, 0.2) is 0 Å². The van der Waals surface area contributed by atoms with Crippen LogP contribution in [-0.2, 0) is 28.9 Å². The Hall–Kier alpha value is -1.42. The van der Waals surface area contributed by atoms with Gasteiger partial charge < -0.3 is 10.1 Å². The second-order valence-corrected chi connectivity index (χ2v) is 4.45. The first-order chi connectivity index (χ1) is 8.70. The summed E-state index contributed by atoms with van der Waals surface area (Å²) in [6, 6.07) is 3.55. The first-order valence-electron chi connectivity index (χ1n) is 6.37. The molecule has 1 aromatic carbocycles. The van der Waals surface area contributed by atoms with Crippen LogP contribution in [0.2, 0.25) is 0 Å². The number of nitrogens with one attached hydrogen (secondary N) is 1. The summed E-state index contributed by atoms with van der Waals surface area (Å²) in [7, 11) is 0. The fourth-order valence-corrected chi connectivity index (χ4v) is 2.24. The van der Waals surface area contributed by atoms with Gasteiger partial charge in [-0.2, -0.15) is 0 Å². The van der Waals surface area contributed by atoms with E-state index >= 15 is 0 Å². The third kappa shape index (κ3) is 3.07. The molecule has 1 aliphatic rings. The third-order valence-corrected chi connectivity index (χ3v) is 3.14. The topological polar surface area (TPSA) is 38.3 Å². The van der Waals surface area contributed by atoms with E-state index in [1.54, 1.807) is 6.92 Å². The summed E-state index contributed by atoms with van der Waals surface area (Å²) in [5.74, 6) is -0.393. The fourth-order valence-electron chi connectivity index (χ4n) is 2.24. The second-order valence-electron chi connectivity index (χ2n) is 4.45. The molecule has 0 aliphatic carbocycles. The summed E-state index contributed by atoms with van der Waals surface area (Å²) in [6.45, 7) is 3.65. The number of carbonyl (C=O) groups is 1. The quantitative estimate of drug-likeness (QED) is 0.831. The lowest BCUT2D eigenvalue weighted by atomic mass is 9.96. The Morgan fingerprint density at radius 3 is 3.11 bits per heavy atom. The Morgan fingerprint density at radius 2 is 2.33 bits per heavy atom. The van der Waals surface area contributed by atoms with Gasteiger partial charge in [-0.15, -0.1) is 0 Å². The summed E-state index contributed by atoms with van der Waals surface area (Å²) in [4.78, 5) is 11.3. The minimum absolute atomic E-state index is 0.168. The van der Waals surface area contributed by atoms with Crippen LogP contribution in [0, 0.1) is 5.82 Å². The molecule has 18 heavy (non-hydrogen) atoms. The Bertz CT molecular complexity index is 446.